The zero-order chi connectivity index (χ0) is 17.0. The molecule has 1 saturated carbocycles. The monoisotopic (exact) mass is 323 g/mol. The quantitative estimate of drug-likeness (QED) is 0.849. The van der Waals surface area contributed by atoms with Crippen LogP contribution in [0.15, 0.2) is 60.7 Å². The predicted octanol–water partition coefficient (Wildman–Crippen LogP) is 3.84. The molecule has 24 heavy (non-hydrogen) atoms. The molecule has 0 unspecified atom stereocenters. The molecule has 0 aromatic heterocycles. The molecule has 3 heteroatoms. The molecule has 1 aliphatic carbocycles. The first-order valence-corrected chi connectivity index (χ1v) is 8.63. The Bertz CT molecular complexity index is 671. The Kier molecular flexibility index (Phi) is 5.00. The van der Waals surface area contributed by atoms with Crippen LogP contribution in [0.3, 0.4) is 0 Å². The molecule has 1 fully saturated rings. The standard InChI is InChI=1S/C21H25NO2/c22-15-21(14-20(23)24)12-18(11-16-7-3-1-4-8-16)19(13-21)17-9-5-2-6-10-17/h1-10,18-19H,11-15,22H2,(H,23,24)/t18-,19+,21-/m1/s1. The normalized spacial score (nSPS) is 26.4. The van der Waals surface area contributed by atoms with E-state index in [1.165, 1.54) is 11.1 Å². The summed E-state index contributed by atoms with van der Waals surface area (Å²) in [6, 6.07) is 20.9. The summed E-state index contributed by atoms with van der Waals surface area (Å²) in [5.74, 6) is 0.0552. The minimum Gasteiger partial charge on any atom is -0.481 e. The average molecular weight is 323 g/mol. The van der Waals surface area contributed by atoms with Gasteiger partial charge in [0.2, 0.25) is 0 Å². The second kappa shape index (κ2) is 7.18. The smallest absolute Gasteiger partial charge is 0.303 e. The van der Waals surface area contributed by atoms with Crippen molar-refractivity contribution in [3.05, 3.63) is 71.8 Å². The number of benzene rings is 2. The van der Waals surface area contributed by atoms with Crippen LogP contribution in [0.1, 0.15) is 36.3 Å². The Morgan fingerprint density at radius 3 is 2.25 bits per heavy atom. The van der Waals surface area contributed by atoms with Crippen LogP contribution in [0.2, 0.25) is 0 Å². The number of carbonyl (C=O) groups is 1. The summed E-state index contributed by atoms with van der Waals surface area (Å²) >= 11 is 0. The molecule has 0 aliphatic heterocycles. The number of hydrogen-bond donors (Lipinski definition) is 2. The third-order valence-electron chi connectivity index (χ3n) is 5.44. The summed E-state index contributed by atoms with van der Waals surface area (Å²) in [6.45, 7) is 0.438. The molecule has 0 saturated heterocycles. The first kappa shape index (κ1) is 16.7. The largest absolute Gasteiger partial charge is 0.481 e. The maximum atomic E-state index is 11.4. The molecule has 2 aromatic rings. The number of rotatable bonds is 6. The topological polar surface area (TPSA) is 63.3 Å². The highest BCUT2D eigenvalue weighted by atomic mass is 16.4. The van der Waals surface area contributed by atoms with E-state index in [9.17, 15) is 9.90 Å². The second-order valence-corrected chi connectivity index (χ2v) is 7.15. The summed E-state index contributed by atoms with van der Waals surface area (Å²) in [5, 5.41) is 9.35. The maximum absolute atomic E-state index is 11.4. The van der Waals surface area contributed by atoms with Gasteiger partial charge in [-0.1, -0.05) is 60.7 Å². The Balaban J connectivity index is 1.89. The summed E-state index contributed by atoms with van der Waals surface area (Å²) in [4.78, 5) is 11.4. The van der Waals surface area contributed by atoms with E-state index in [1.54, 1.807) is 0 Å². The van der Waals surface area contributed by atoms with Crippen molar-refractivity contribution < 1.29 is 9.90 Å². The highest BCUT2D eigenvalue weighted by Crippen LogP contribution is 2.52. The SMILES string of the molecule is NC[C@]1(CC(=O)O)C[C@@H](Cc2ccccc2)[C@H](c2ccccc2)C1. The van der Waals surface area contributed by atoms with E-state index in [1.807, 2.05) is 12.1 Å². The van der Waals surface area contributed by atoms with Crippen molar-refractivity contribution in [1.29, 1.82) is 0 Å². The molecule has 3 nitrogen and oxygen atoms in total. The van der Waals surface area contributed by atoms with Gasteiger partial charge in [0.15, 0.2) is 0 Å². The fourth-order valence-corrected chi connectivity index (χ4v) is 4.34. The van der Waals surface area contributed by atoms with Crippen molar-refractivity contribution in [2.24, 2.45) is 17.1 Å². The minimum atomic E-state index is -0.743. The molecular formula is C21H25NO2. The van der Waals surface area contributed by atoms with Gasteiger partial charge in [0.05, 0.1) is 6.42 Å². The summed E-state index contributed by atoms with van der Waals surface area (Å²) in [5.41, 5.74) is 8.38. The van der Waals surface area contributed by atoms with Gasteiger partial charge < -0.3 is 10.8 Å². The fourth-order valence-electron chi connectivity index (χ4n) is 4.34. The minimum absolute atomic E-state index is 0.165. The number of aliphatic carboxylic acids is 1. The van der Waals surface area contributed by atoms with Crippen molar-refractivity contribution >= 4 is 5.97 Å². The van der Waals surface area contributed by atoms with Crippen LogP contribution in [-0.2, 0) is 11.2 Å². The van der Waals surface area contributed by atoms with Crippen LogP contribution < -0.4 is 5.73 Å². The van der Waals surface area contributed by atoms with Gasteiger partial charge in [0.1, 0.15) is 0 Å². The van der Waals surface area contributed by atoms with Gasteiger partial charge in [-0.15, -0.1) is 0 Å². The van der Waals surface area contributed by atoms with Crippen LogP contribution in [0.25, 0.3) is 0 Å². The third-order valence-corrected chi connectivity index (χ3v) is 5.44. The molecule has 3 rings (SSSR count). The van der Waals surface area contributed by atoms with Gasteiger partial charge in [-0.25, -0.2) is 0 Å². The molecule has 3 atom stereocenters. The number of hydrogen-bond acceptors (Lipinski definition) is 2. The lowest BCUT2D eigenvalue weighted by atomic mass is 9.81. The van der Waals surface area contributed by atoms with Crippen molar-refractivity contribution in [2.75, 3.05) is 6.54 Å². The van der Waals surface area contributed by atoms with Crippen molar-refractivity contribution in [3.8, 4) is 0 Å². The van der Waals surface area contributed by atoms with Crippen molar-refractivity contribution in [1.82, 2.24) is 0 Å². The lowest BCUT2D eigenvalue weighted by Crippen LogP contribution is -2.30. The highest BCUT2D eigenvalue weighted by molar-refractivity contribution is 5.68. The average Bonchev–Trinajstić information content (AvgIpc) is 2.95. The van der Waals surface area contributed by atoms with Gasteiger partial charge in [-0.3, -0.25) is 4.79 Å². The number of nitrogens with two attached hydrogens (primary N) is 1. The van der Waals surface area contributed by atoms with E-state index in [2.05, 4.69) is 48.5 Å². The van der Waals surface area contributed by atoms with E-state index in [0.717, 1.165) is 19.3 Å². The predicted molar refractivity (Wildman–Crippen MR) is 95.8 cm³/mol. The van der Waals surface area contributed by atoms with Gasteiger partial charge in [-0.2, -0.15) is 0 Å². The summed E-state index contributed by atoms with van der Waals surface area (Å²) in [7, 11) is 0. The molecule has 0 bridgehead atoms. The van der Waals surface area contributed by atoms with Gasteiger partial charge in [0.25, 0.3) is 0 Å². The second-order valence-electron chi connectivity index (χ2n) is 7.15. The maximum Gasteiger partial charge on any atom is 0.303 e. The van der Waals surface area contributed by atoms with Gasteiger partial charge >= 0.3 is 5.97 Å². The Labute approximate surface area is 143 Å². The van der Waals surface area contributed by atoms with Crippen LogP contribution in [0.5, 0.6) is 0 Å². The van der Waals surface area contributed by atoms with Gasteiger partial charge in [0, 0.05) is 0 Å². The number of carboxylic acid groups (broad SMARTS) is 1. The molecule has 0 heterocycles. The van der Waals surface area contributed by atoms with E-state index >= 15 is 0 Å². The molecular weight excluding hydrogens is 298 g/mol. The molecule has 0 radical (unpaired) electrons. The Morgan fingerprint density at radius 1 is 1.04 bits per heavy atom. The molecule has 0 amide bonds. The molecule has 0 spiro atoms. The Morgan fingerprint density at radius 2 is 1.67 bits per heavy atom. The van der Waals surface area contributed by atoms with Gasteiger partial charge in [-0.05, 0) is 54.2 Å². The van der Waals surface area contributed by atoms with Crippen molar-refractivity contribution in [3.63, 3.8) is 0 Å². The zero-order valence-corrected chi connectivity index (χ0v) is 13.9. The Hall–Kier alpha value is -2.13. The highest BCUT2D eigenvalue weighted by Gasteiger charge is 2.45. The molecule has 1 aliphatic rings. The van der Waals surface area contributed by atoms with E-state index < -0.39 is 5.97 Å². The molecule has 126 valence electrons. The van der Waals surface area contributed by atoms with E-state index in [-0.39, 0.29) is 11.8 Å². The van der Waals surface area contributed by atoms with Crippen LogP contribution in [0.4, 0.5) is 0 Å². The first-order valence-electron chi connectivity index (χ1n) is 8.63. The lowest BCUT2D eigenvalue weighted by Gasteiger charge is -2.25. The van der Waals surface area contributed by atoms with Crippen LogP contribution in [0, 0.1) is 11.3 Å². The lowest BCUT2D eigenvalue weighted by molar-refractivity contribution is -0.139. The first-order chi connectivity index (χ1) is 11.6. The molecule has 3 N–H and O–H groups in total. The molecule has 2 aromatic carbocycles. The third kappa shape index (κ3) is 3.68. The number of carboxylic acids is 1. The zero-order valence-electron chi connectivity index (χ0n) is 13.9. The summed E-state index contributed by atoms with van der Waals surface area (Å²) in [6.07, 6.45) is 2.88. The van der Waals surface area contributed by atoms with E-state index in [4.69, 9.17) is 5.73 Å². The fraction of sp³-hybridized carbons (Fsp3) is 0.381. The van der Waals surface area contributed by atoms with E-state index in [0.29, 0.717) is 18.4 Å². The summed E-state index contributed by atoms with van der Waals surface area (Å²) < 4.78 is 0. The van der Waals surface area contributed by atoms with Crippen molar-refractivity contribution in [2.45, 2.75) is 31.6 Å². The van der Waals surface area contributed by atoms with Crippen LogP contribution >= 0.6 is 0 Å². The van der Waals surface area contributed by atoms with Crippen LogP contribution in [-0.4, -0.2) is 17.6 Å².